The third-order valence-corrected chi connectivity index (χ3v) is 3.09. The molecule has 0 unspecified atom stereocenters. The lowest BCUT2D eigenvalue weighted by Crippen LogP contribution is -2.92. The first kappa shape index (κ1) is 10.7. The van der Waals surface area contributed by atoms with Crippen molar-refractivity contribution in [3.05, 3.63) is 0 Å². The molecule has 1 aliphatic carbocycles. The lowest BCUT2D eigenvalue weighted by atomic mass is 10.1. The number of quaternary nitrogens is 1. The Bertz CT molecular complexity index is 266. The third-order valence-electron chi connectivity index (χ3n) is 3.09. The highest BCUT2D eigenvalue weighted by molar-refractivity contribution is 5.70. The Balaban J connectivity index is 2.00. The van der Waals surface area contributed by atoms with Gasteiger partial charge in [0.1, 0.15) is 5.60 Å². The minimum atomic E-state index is -0.381. The molecule has 0 radical (unpaired) electrons. The van der Waals surface area contributed by atoms with E-state index in [4.69, 9.17) is 4.74 Å². The summed E-state index contributed by atoms with van der Waals surface area (Å²) in [5.41, 5.74) is -0.241. The fourth-order valence-electron chi connectivity index (χ4n) is 2.16. The Morgan fingerprint density at radius 3 is 2.60 bits per heavy atom. The highest BCUT2D eigenvalue weighted by Crippen LogP contribution is 2.41. The van der Waals surface area contributed by atoms with Gasteiger partial charge in [-0.3, -0.25) is 4.90 Å². The third kappa shape index (κ3) is 2.25. The van der Waals surface area contributed by atoms with Crippen molar-refractivity contribution >= 4 is 6.09 Å². The summed E-state index contributed by atoms with van der Waals surface area (Å²) in [5.74, 6) is 0. The SMILES string of the molecule is CC(C)(C)OC(=O)N1CC[NH2+]CC12CC2. The molecule has 1 saturated heterocycles. The molecule has 0 atom stereocenters. The highest BCUT2D eigenvalue weighted by atomic mass is 16.6. The normalized spacial score (nSPS) is 24.1. The maximum atomic E-state index is 12.0. The van der Waals surface area contributed by atoms with Crippen molar-refractivity contribution in [2.75, 3.05) is 19.6 Å². The molecule has 1 aliphatic heterocycles. The van der Waals surface area contributed by atoms with Crippen LogP contribution in [0.2, 0.25) is 0 Å². The Hall–Kier alpha value is -0.770. The Labute approximate surface area is 91.0 Å². The van der Waals surface area contributed by atoms with Crippen molar-refractivity contribution in [3.63, 3.8) is 0 Å². The summed E-state index contributed by atoms with van der Waals surface area (Å²) in [5, 5.41) is 2.30. The predicted octanol–water partition coefficient (Wildman–Crippen LogP) is 0.333. The van der Waals surface area contributed by atoms with E-state index in [-0.39, 0.29) is 17.2 Å². The van der Waals surface area contributed by atoms with Gasteiger partial charge < -0.3 is 10.1 Å². The fourth-order valence-corrected chi connectivity index (χ4v) is 2.16. The largest absolute Gasteiger partial charge is 0.444 e. The number of rotatable bonds is 0. The number of carbonyl (C=O) groups is 1. The Kier molecular flexibility index (Phi) is 2.41. The second-order valence-corrected chi connectivity index (χ2v) is 5.64. The zero-order chi connectivity index (χ0) is 11.1. The average Bonchev–Trinajstić information content (AvgIpc) is 2.83. The van der Waals surface area contributed by atoms with E-state index in [1.54, 1.807) is 0 Å². The first-order valence-electron chi connectivity index (χ1n) is 5.75. The van der Waals surface area contributed by atoms with E-state index in [1.807, 2.05) is 25.7 Å². The minimum Gasteiger partial charge on any atom is -0.444 e. The molecule has 4 nitrogen and oxygen atoms in total. The van der Waals surface area contributed by atoms with Gasteiger partial charge in [0.15, 0.2) is 0 Å². The molecule has 0 bridgehead atoms. The standard InChI is InChI=1S/C11H20N2O2/c1-10(2,3)15-9(14)13-7-6-12-8-11(13)4-5-11/h12H,4-8H2,1-3H3/p+1. The van der Waals surface area contributed by atoms with Crippen LogP contribution in [0.3, 0.4) is 0 Å². The molecular weight excluding hydrogens is 192 g/mol. The van der Waals surface area contributed by atoms with Crippen molar-refractivity contribution in [2.24, 2.45) is 0 Å². The van der Waals surface area contributed by atoms with Crippen LogP contribution in [0.25, 0.3) is 0 Å². The molecule has 2 rings (SSSR count). The van der Waals surface area contributed by atoms with Gasteiger partial charge in [0.05, 0.1) is 25.2 Å². The van der Waals surface area contributed by atoms with Crippen LogP contribution in [0, 0.1) is 0 Å². The first-order chi connectivity index (χ1) is 6.93. The molecule has 1 saturated carbocycles. The van der Waals surface area contributed by atoms with Gasteiger partial charge in [-0.25, -0.2) is 4.79 Å². The van der Waals surface area contributed by atoms with E-state index in [1.165, 1.54) is 0 Å². The summed E-state index contributed by atoms with van der Waals surface area (Å²) >= 11 is 0. The summed E-state index contributed by atoms with van der Waals surface area (Å²) in [4.78, 5) is 13.9. The van der Waals surface area contributed by atoms with Gasteiger partial charge in [0.25, 0.3) is 0 Å². The topological polar surface area (TPSA) is 46.1 Å². The average molecular weight is 213 g/mol. The predicted molar refractivity (Wildman–Crippen MR) is 56.6 cm³/mol. The van der Waals surface area contributed by atoms with Crippen LogP contribution >= 0.6 is 0 Å². The number of nitrogens with zero attached hydrogens (tertiary/aromatic N) is 1. The molecule has 1 heterocycles. The van der Waals surface area contributed by atoms with Crippen LogP contribution in [0.5, 0.6) is 0 Å². The smallest absolute Gasteiger partial charge is 0.411 e. The molecule has 2 fully saturated rings. The number of carbonyl (C=O) groups excluding carboxylic acids is 1. The lowest BCUT2D eigenvalue weighted by Gasteiger charge is -2.35. The molecular formula is C11H21N2O2+. The second-order valence-electron chi connectivity index (χ2n) is 5.64. The Morgan fingerprint density at radius 2 is 2.07 bits per heavy atom. The summed E-state index contributed by atoms with van der Waals surface area (Å²) < 4.78 is 5.43. The number of hydrogen-bond acceptors (Lipinski definition) is 2. The number of amides is 1. The van der Waals surface area contributed by atoms with E-state index >= 15 is 0 Å². The van der Waals surface area contributed by atoms with E-state index in [0.717, 1.165) is 32.5 Å². The van der Waals surface area contributed by atoms with Crippen LogP contribution in [-0.2, 0) is 4.74 Å². The van der Waals surface area contributed by atoms with Gasteiger partial charge >= 0.3 is 6.09 Å². The molecule has 0 aromatic heterocycles. The molecule has 4 heteroatoms. The first-order valence-corrected chi connectivity index (χ1v) is 5.75. The van der Waals surface area contributed by atoms with Crippen LogP contribution in [-0.4, -0.2) is 41.8 Å². The molecule has 0 aromatic rings. The van der Waals surface area contributed by atoms with Crippen molar-refractivity contribution < 1.29 is 14.8 Å². The van der Waals surface area contributed by atoms with Crippen LogP contribution < -0.4 is 5.32 Å². The minimum absolute atomic E-state index is 0.131. The van der Waals surface area contributed by atoms with E-state index in [9.17, 15) is 4.79 Å². The zero-order valence-corrected chi connectivity index (χ0v) is 9.88. The van der Waals surface area contributed by atoms with E-state index in [2.05, 4.69) is 5.32 Å². The molecule has 0 aromatic carbocycles. The van der Waals surface area contributed by atoms with Crippen molar-refractivity contribution in [2.45, 2.75) is 44.8 Å². The zero-order valence-electron chi connectivity index (χ0n) is 9.88. The van der Waals surface area contributed by atoms with Gasteiger partial charge in [-0.05, 0) is 33.6 Å². The molecule has 86 valence electrons. The summed E-state index contributed by atoms with van der Waals surface area (Å²) in [7, 11) is 0. The maximum Gasteiger partial charge on any atom is 0.411 e. The van der Waals surface area contributed by atoms with Crippen molar-refractivity contribution in [3.8, 4) is 0 Å². The van der Waals surface area contributed by atoms with Gasteiger partial charge in [0, 0.05) is 0 Å². The van der Waals surface area contributed by atoms with Crippen LogP contribution in [0.15, 0.2) is 0 Å². The molecule has 2 N–H and O–H groups in total. The summed E-state index contributed by atoms with van der Waals surface area (Å²) in [6.45, 7) is 8.63. The van der Waals surface area contributed by atoms with Gasteiger partial charge in [-0.2, -0.15) is 0 Å². The number of hydrogen-bond donors (Lipinski definition) is 1. The van der Waals surface area contributed by atoms with Crippen LogP contribution in [0.4, 0.5) is 4.79 Å². The van der Waals surface area contributed by atoms with E-state index < -0.39 is 0 Å². The number of piperazine rings is 1. The lowest BCUT2D eigenvalue weighted by molar-refractivity contribution is -0.670. The summed E-state index contributed by atoms with van der Waals surface area (Å²) in [6, 6.07) is 0. The molecule has 2 aliphatic rings. The molecule has 15 heavy (non-hydrogen) atoms. The van der Waals surface area contributed by atoms with Crippen LogP contribution in [0.1, 0.15) is 33.6 Å². The second kappa shape index (κ2) is 3.37. The van der Waals surface area contributed by atoms with Gasteiger partial charge in [0.2, 0.25) is 0 Å². The number of ether oxygens (including phenoxy) is 1. The van der Waals surface area contributed by atoms with Crippen molar-refractivity contribution in [1.82, 2.24) is 4.90 Å². The molecule has 1 amide bonds. The monoisotopic (exact) mass is 213 g/mol. The fraction of sp³-hybridized carbons (Fsp3) is 0.909. The number of nitrogens with two attached hydrogens (primary N) is 1. The quantitative estimate of drug-likeness (QED) is 0.630. The van der Waals surface area contributed by atoms with Gasteiger partial charge in [-0.1, -0.05) is 0 Å². The van der Waals surface area contributed by atoms with Crippen molar-refractivity contribution in [1.29, 1.82) is 0 Å². The summed E-state index contributed by atoms with van der Waals surface area (Å²) in [6.07, 6.45) is 2.15. The maximum absolute atomic E-state index is 12.0. The Morgan fingerprint density at radius 1 is 1.40 bits per heavy atom. The van der Waals surface area contributed by atoms with Gasteiger partial charge in [-0.15, -0.1) is 0 Å². The highest BCUT2D eigenvalue weighted by Gasteiger charge is 2.54. The van der Waals surface area contributed by atoms with E-state index in [0.29, 0.717) is 0 Å². The molecule has 1 spiro atoms.